The lowest BCUT2D eigenvalue weighted by molar-refractivity contribution is 0.0996. The Morgan fingerprint density at radius 2 is 2.25 bits per heavy atom. The SMILES string of the molecule is Nc1cccc2c1CCCN2CC(O)CO. The van der Waals surface area contributed by atoms with Crippen molar-refractivity contribution < 1.29 is 10.2 Å². The number of nitrogens with zero attached hydrogens (tertiary/aromatic N) is 1. The highest BCUT2D eigenvalue weighted by atomic mass is 16.3. The molecule has 0 spiro atoms. The standard InChI is InChI=1S/C12H18N2O2/c13-11-4-1-5-12-10(11)3-2-6-14(12)7-9(16)8-15/h1,4-5,9,15-16H,2-3,6-8,13H2. The highest BCUT2D eigenvalue weighted by Gasteiger charge is 2.20. The summed E-state index contributed by atoms with van der Waals surface area (Å²) in [6.45, 7) is 1.18. The van der Waals surface area contributed by atoms with Gasteiger partial charge in [-0.2, -0.15) is 0 Å². The van der Waals surface area contributed by atoms with Crippen molar-refractivity contribution in [3.8, 4) is 0 Å². The summed E-state index contributed by atoms with van der Waals surface area (Å²) in [7, 11) is 0. The molecule has 1 atom stereocenters. The molecule has 1 aromatic carbocycles. The predicted molar refractivity (Wildman–Crippen MR) is 64.5 cm³/mol. The van der Waals surface area contributed by atoms with Gasteiger partial charge < -0.3 is 20.8 Å². The Bertz CT molecular complexity index is 368. The molecule has 0 saturated carbocycles. The first-order valence-electron chi connectivity index (χ1n) is 5.63. The van der Waals surface area contributed by atoms with Gasteiger partial charge in [0.2, 0.25) is 0 Å². The number of β-amino-alcohol motifs (C(OH)–C–C–N with tert-alkyl or cyclic N) is 1. The summed E-state index contributed by atoms with van der Waals surface area (Å²) in [5, 5.41) is 18.3. The van der Waals surface area contributed by atoms with Gasteiger partial charge in [0.25, 0.3) is 0 Å². The fraction of sp³-hybridized carbons (Fsp3) is 0.500. The number of hydrogen-bond acceptors (Lipinski definition) is 4. The summed E-state index contributed by atoms with van der Waals surface area (Å²) < 4.78 is 0. The summed E-state index contributed by atoms with van der Waals surface area (Å²) >= 11 is 0. The van der Waals surface area contributed by atoms with Crippen molar-refractivity contribution >= 4 is 11.4 Å². The summed E-state index contributed by atoms with van der Waals surface area (Å²) in [4.78, 5) is 2.09. The van der Waals surface area contributed by atoms with E-state index >= 15 is 0 Å². The molecule has 0 fully saturated rings. The first kappa shape index (κ1) is 11.2. The molecule has 1 heterocycles. The molecule has 1 aliphatic heterocycles. The van der Waals surface area contributed by atoms with E-state index in [0.717, 1.165) is 30.8 Å². The Morgan fingerprint density at radius 3 is 3.00 bits per heavy atom. The van der Waals surface area contributed by atoms with E-state index in [1.807, 2.05) is 18.2 Å². The molecule has 4 N–H and O–H groups in total. The molecule has 0 radical (unpaired) electrons. The number of hydrogen-bond donors (Lipinski definition) is 3. The minimum Gasteiger partial charge on any atom is -0.398 e. The third-order valence-electron chi connectivity index (χ3n) is 3.02. The lowest BCUT2D eigenvalue weighted by atomic mass is 9.99. The molecule has 0 saturated heterocycles. The van der Waals surface area contributed by atoms with Crippen molar-refractivity contribution in [2.75, 3.05) is 30.3 Å². The largest absolute Gasteiger partial charge is 0.398 e. The second-order valence-corrected chi connectivity index (χ2v) is 4.23. The normalized spacial score (nSPS) is 17.0. The first-order valence-corrected chi connectivity index (χ1v) is 5.63. The molecule has 2 rings (SSSR count). The molecule has 0 bridgehead atoms. The van der Waals surface area contributed by atoms with Crippen LogP contribution >= 0.6 is 0 Å². The van der Waals surface area contributed by atoms with Crippen LogP contribution in [0.3, 0.4) is 0 Å². The van der Waals surface area contributed by atoms with E-state index in [0.29, 0.717) is 6.54 Å². The van der Waals surface area contributed by atoms with Gasteiger partial charge in [0.1, 0.15) is 0 Å². The number of anilines is 2. The van der Waals surface area contributed by atoms with E-state index in [2.05, 4.69) is 4.90 Å². The molecule has 0 aromatic heterocycles. The van der Waals surface area contributed by atoms with E-state index in [1.165, 1.54) is 5.56 Å². The molecule has 1 unspecified atom stereocenters. The summed E-state index contributed by atoms with van der Waals surface area (Å²) in [6.07, 6.45) is 1.35. The Kier molecular flexibility index (Phi) is 3.31. The smallest absolute Gasteiger partial charge is 0.0945 e. The maximum Gasteiger partial charge on any atom is 0.0945 e. The van der Waals surface area contributed by atoms with Crippen molar-refractivity contribution in [2.45, 2.75) is 18.9 Å². The zero-order chi connectivity index (χ0) is 11.5. The number of aliphatic hydroxyl groups excluding tert-OH is 2. The second-order valence-electron chi connectivity index (χ2n) is 4.23. The number of nitrogen functional groups attached to an aromatic ring is 1. The molecule has 0 amide bonds. The van der Waals surface area contributed by atoms with E-state index < -0.39 is 6.10 Å². The maximum atomic E-state index is 9.48. The summed E-state index contributed by atoms with van der Waals surface area (Å²) in [5.74, 6) is 0. The zero-order valence-electron chi connectivity index (χ0n) is 9.26. The quantitative estimate of drug-likeness (QED) is 0.646. The zero-order valence-corrected chi connectivity index (χ0v) is 9.26. The van der Waals surface area contributed by atoms with Crippen molar-refractivity contribution in [3.05, 3.63) is 23.8 Å². The highest BCUT2D eigenvalue weighted by Crippen LogP contribution is 2.31. The van der Waals surface area contributed by atoms with Gasteiger partial charge >= 0.3 is 0 Å². The average molecular weight is 222 g/mol. The van der Waals surface area contributed by atoms with Crippen LogP contribution in [0.15, 0.2) is 18.2 Å². The minimum absolute atomic E-state index is 0.200. The number of nitrogens with two attached hydrogens (primary N) is 1. The summed E-state index contributed by atoms with van der Waals surface area (Å²) in [6, 6.07) is 5.86. The lowest BCUT2D eigenvalue weighted by Crippen LogP contribution is -2.37. The Hall–Kier alpha value is -1.26. The van der Waals surface area contributed by atoms with Crippen LogP contribution in [0.25, 0.3) is 0 Å². The van der Waals surface area contributed by atoms with Crippen LogP contribution in [0.5, 0.6) is 0 Å². The number of aliphatic hydroxyl groups is 2. The van der Waals surface area contributed by atoms with Gasteiger partial charge in [0.05, 0.1) is 12.7 Å². The van der Waals surface area contributed by atoms with Crippen molar-refractivity contribution in [3.63, 3.8) is 0 Å². The number of rotatable bonds is 3. The predicted octanol–water partition coefficient (Wildman–Crippen LogP) is 0.375. The summed E-state index contributed by atoms with van der Waals surface area (Å²) in [5.41, 5.74) is 9.01. The van der Waals surface area contributed by atoms with Gasteiger partial charge in [-0.3, -0.25) is 0 Å². The molecule has 4 nitrogen and oxygen atoms in total. The van der Waals surface area contributed by atoms with Gasteiger partial charge in [0, 0.05) is 24.5 Å². The monoisotopic (exact) mass is 222 g/mol. The minimum atomic E-state index is -0.688. The van der Waals surface area contributed by atoms with Crippen LogP contribution in [0.2, 0.25) is 0 Å². The number of fused-ring (bicyclic) bond motifs is 1. The molecule has 16 heavy (non-hydrogen) atoms. The molecular formula is C12H18N2O2. The third-order valence-corrected chi connectivity index (χ3v) is 3.02. The first-order chi connectivity index (χ1) is 7.72. The molecule has 88 valence electrons. The van der Waals surface area contributed by atoms with Gasteiger partial charge in [-0.05, 0) is 30.5 Å². The van der Waals surface area contributed by atoms with Crippen LogP contribution in [-0.4, -0.2) is 36.0 Å². The fourth-order valence-electron chi connectivity index (χ4n) is 2.23. The van der Waals surface area contributed by atoms with E-state index in [4.69, 9.17) is 10.8 Å². The topological polar surface area (TPSA) is 69.7 Å². The lowest BCUT2D eigenvalue weighted by Gasteiger charge is -2.33. The van der Waals surface area contributed by atoms with Crippen molar-refractivity contribution in [1.82, 2.24) is 0 Å². The Morgan fingerprint density at radius 1 is 1.44 bits per heavy atom. The van der Waals surface area contributed by atoms with Crippen molar-refractivity contribution in [1.29, 1.82) is 0 Å². The Labute approximate surface area is 95.3 Å². The van der Waals surface area contributed by atoms with Crippen molar-refractivity contribution in [2.24, 2.45) is 0 Å². The number of benzene rings is 1. The van der Waals surface area contributed by atoms with Crippen LogP contribution < -0.4 is 10.6 Å². The van der Waals surface area contributed by atoms with Crippen LogP contribution in [0.1, 0.15) is 12.0 Å². The molecular weight excluding hydrogens is 204 g/mol. The van der Waals surface area contributed by atoms with E-state index in [1.54, 1.807) is 0 Å². The molecule has 0 aliphatic carbocycles. The Balaban J connectivity index is 2.23. The molecule has 1 aromatic rings. The van der Waals surface area contributed by atoms with Crippen LogP contribution in [0, 0.1) is 0 Å². The fourth-order valence-corrected chi connectivity index (χ4v) is 2.23. The third kappa shape index (κ3) is 2.13. The second kappa shape index (κ2) is 4.72. The van der Waals surface area contributed by atoms with E-state index in [-0.39, 0.29) is 6.61 Å². The molecule has 1 aliphatic rings. The molecule has 4 heteroatoms. The van der Waals surface area contributed by atoms with Crippen LogP contribution in [0.4, 0.5) is 11.4 Å². The van der Waals surface area contributed by atoms with Gasteiger partial charge in [-0.1, -0.05) is 6.07 Å². The maximum absolute atomic E-state index is 9.48. The van der Waals surface area contributed by atoms with Gasteiger partial charge in [-0.25, -0.2) is 0 Å². The highest BCUT2D eigenvalue weighted by molar-refractivity contribution is 5.66. The van der Waals surface area contributed by atoms with Gasteiger partial charge in [0.15, 0.2) is 0 Å². The van der Waals surface area contributed by atoms with Gasteiger partial charge in [-0.15, -0.1) is 0 Å². The van der Waals surface area contributed by atoms with Crippen LogP contribution in [-0.2, 0) is 6.42 Å². The average Bonchev–Trinajstić information content (AvgIpc) is 2.30. The van der Waals surface area contributed by atoms with E-state index in [9.17, 15) is 5.11 Å².